The van der Waals surface area contributed by atoms with Crippen LogP contribution in [0.25, 0.3) is 11.0 Å². The number of Topliss-reactive ketones (excluding diaryl/α,β-unsaturated/α-hetero) is 1. The molecule has 260 valence electrons. The second kappa shape index (κ2) is 17.9. The lowest BCUT2D eigenvalue weighted by molar-refractivity contribution is -0.153. The van der Waals surface area contributed by atoms with Crippen molar-refractivity contribution < 1.29 is 33.8 Å². The number of benzene rings is 3. The Bertz CT molecular complexity index is 1730. The number of aromatic carboxylic acids is 1. The number of rotatable bonds is 19. The molecule has 10 nitrogen and oxygen atoms in total. The highest BCUT2D eigenvalue weighted by Crippen LogP contribution is 2.39. The molecular formula is C37H42ClN3O7S. The third kappa shape index (κ3) is 9.86. The molecule has 49 heavy (non-hydrogen) atoms. The maximum Gasteiger partial charge on any atom is 0.340 e. The van der Waals surface area contributed by atoms with Crippen molar-refractivity contribution in [2.24, 2.45) is 0 Å². The largest absolute Gasteiger partial charge is 0.497 e. The average molecular weight is 708 g/mol. The minimum Gasteiger partial charge on any atom is -0.497 e. The van der Waals surface area contributed by atoms with Crippen LogP contribution in [0.3, 0.4) is 0 Å². The van der Waals surface area contributed by atoms with Gasteiger partial charge in [-0.1, -0.05) is 62.6 Å². The summed E-state index contributed by atoms with van der Waals surface area (Å²) in [6, 6.07) is 18.9. The van der Waals surface area contributed by atoms with Gasteiger partial charge in [0.15, 0.2) is 10.9 Å². The fraction of sp³-hybridized carbons (Fsp3) is 0.378. The zero-order valence-electron chi connectivity index (χ0n) is 27.9. The van der Waals surface area contributed by atoms with E-state index >= 15 is 0 Å². The molecule has 3 aromatic carbocycles. The lowest BCUT2D eigenvalue weighted by Gasteiger charge is -2.30. The van der Waals surface area contributed by atoms with Crippen molar-refractivity contribution in [1.29, 1.82) is 0 Å². The van der Waals surface area contributed by atoms with Crippen molar-refractivity contribution in [3.63, 3.8) is 0 Å². The summed E-state index contributed by atoms with van der Waals surface area (Å²) in [5, 5.41) is 12.1. The standard InChI is InChI=1S/C37H42ClN3O7S/c1-4-5-6-7-11-14-29(19-15-24(2)38)48-35(46)37(34(45)39-27-12-9-8-10-13-27,32(42)25-16-20-28(47-3)21-17-25)49-36-40-30-22-18-26(33(43)44)23-31(30)41-36/h8-10,12-13,16-18,20-24,29H,4-7,11,14-15,19H2,1-3H3,(H,39,45)(H,40,41)(H,43,44). The van der Waals surface area contributed by atoms with Gasteiger partial charge in [0, 0.05) is 16.6 Å². The number of alkyl halides is 1. The Morgan fingerprint density at radius 3 is 2.29 bits per heavy atom. The number of nitrogens with one attached hydrogen (secondary N) is 2. The molecule has 0 aliphatic carbocycles. The number of imidazole rings is 1. The lowest BCUT2D eigenvalue weighted by atomic mass is 9.94. The van der Waals surface area contributed by atoms with Gasteiger partial charge in [-0.2, -0.15) is 0 Å². The van der Waals surface area contributed by atoms with Gasteiger partial charge < -0.3 is 24.9 Å². The number of carbonyl (C=O) groups excluding carboxylic acids is 3. The Kier molecular flexibility index (Phi) is 13.7. The highest BCUT2D eigenvalue weighted by atomic mass is 35.5. The highest BCUT2D eigenvalue weighted by Gasteiger charge is 2.57. The molecule has 0 aliphatic heterocycles. The monoisotopic (exact) mass is 707 g/mol. The number of aromatic nitrogens is 2. The van der Waals surface area contributed by atoms with Crippen molar-refractivity contribution in [3.05, 3.63) is 83.9 Å². The number of esters is 1. The molecule has 4 rings (SSSR count). The molecule has 0 fully saturated rings. The van der Waals surface area contributed by atoms with Gasteiger partial charge in [-0.05, 0) is 87.2 Å². The smallest absolute Gasteiger partial charge is 0.340 e. The van der Waals surface area contributed by atoms with E-state index < -0.39 is 34.5 Å². The van der Waals surface area contributed by atoms with E-state index in [4.69, 9.17) is 21.1 Å². The summed E-state index contributed by atoms with van der Waals surface area (Å²) in [5.74, 6) is -3.44. The molecule has 0 saturated carbocycles. The number of thioether (sulfide) groups is 1. The number of nitrogens with zero attached hydrogens (tertiary/aromatic N) is 1. The number of H-pyrrole nitrogens is 1. The molecule has 0 saturated heterocycles. The molecule has 3 N–H and O–H groups in total. The van der Waals surface area contributed by atoms with Crippen LogP contribution in [0.2, 0.25) is 0 Å². The van der Waals surface area contributed by atoms with Gasteiger partial charge in [0.25, 0.3) is 10.7 Å². The number of hydrogen-bond acceptors (Lipinski definition) is 8. The van der Waals surface area contributed by atoms with Crippen LogP contribution in [0, 0.1) is 0 Å². The van der Waals surface area contributed by atoms with Gasteiger partial charge in [0.2, 0.25) is 0 Å². The molecule has 0 bridgehead atoms. The fourth-order valence-corrected chi connectivity index (χ4v) is 6.52. The van der Waals surface area contributed by atoms with E-state index in [9.17, 15) is 24.3 Å². The first-order chi connectivity index (χ1) is 23.6. The van der Waals surface area contributed by atoms with E-state index in [1.54, 1.807) is 42.5 Å². The SMILES string of the molecule is CCCCCCCC(CCC(C)Cl)OC(=O)C(Sc1nc2ccc(C(=O)O)cc2[nH]1)(C(=O)Nc1ccccc1)C(=O)c1ccc(OC)cc1. The zero-order valence-corrected chi connectivity index (χ0v) is 29.4. The lowest BCUT2D eigenvalue weighted by Crippen LogP contribution is -2.55. The summed E-state index contributed by atoms with van der Waals surface area (Å²) in [6.45, 7) is 4.00. The Hall–Kier alpha value is -4.35. The second-order valence-corrected chi connectivity index (χ2v) is 13.8. The number of para-hydroxylation sites is 1. The van der Waals surface area contributed by atoms with Crippen LogP contribution in [-0.2, 0) is 14.3 Å². The minimum atomic E-state index is -2.51. The summed E-state index contributed by atoms with van der Waals surface area (Å²) in [6.07, 6.45) is 5.94. The first-order valence-corrected chi connectivity index (χ1v) is 17.6. The third-order valence-electron chi connectivity index (χ3n) is 8.06. The number of ketones is 1. The topological polar surface area (TPSA) is 148 Å². The van der Waals surface area contributed by atoms with Crippen LogP contribution in [0.1, 0.15) is 85.9 Å². The number of halogens is 1. The number of fused-ring (bicyclic) bond motifs is 1. The average Bonchev–Trinajstić information content (AvgIpc) is 3.51. The van der Waals surface area contributed by atoms with Gasteiger partial charge in [-0.3, -0.25) is 9.59 Å². The fourth-order valence-electron chi connectivity index (χ4n) is 5.31. The molecule has 0 aliphatic rings. The number of carboxylic acid groups (broad SMARTS) is 1. The maximum absolute atomic E-state index is 14.7. The molecule has 0 radical (unpaired) electrons. The van der Waals surface area contributed by atoms with Gasteiger partial charge in [0.1, 0.15) is 11.9 Å². The number of aromatic amines is 1. The van der Waals surface area contributed by atoms with Crippen LogP contribution in [0.5, 0.6) is 5.75 Å². The second-order valence-electron chi connectivity index (χ2n) is 11.8. The molecule has 1 heterocycles. The van der Waals surface area contributed by atoms with Crippen LogP contribution < -0.4 is 10.1 Å². The molecule has 1 amide bonds. The van der Waals surface area contributed by atoms with E-state index in [1.165, 1.54) is 37.4 Å². The van der Waals surface area contributed by atoms with Crippen LogP contribution in [0.4, 0.5) is 5.69 Å². The highest BCUT2D eigenvalue weighted by molar-refractivity contribution is 8.03. The number of carbonyl (C=O) groups is 4. The molecule has 3 unspecified atom stereocenters. The number of amides is 1. The molecular weight excluding hydrogens is 666 g/mol. The Balaban J connectivity index is 1.82. The third-order valence-corrected chi connectivity index (χ3v) is 9.51. The minimum absolute atomic E-state index is 0.0183. The summed E-state index contributed by atoms with van der Waals surface area (Å²) in [7, 11) is 1.49. The van der Waals surface area contributed by atoms with Crippen molar-refractivity contribution in [3.8, 4) is 5.75 Å². The van der Waals surface area contributed by atoms with Gasteiger partial charge >= 0.3 is 11.9 Å². The van der Waals surface area contributed by atoms with Crippen LogP contribution in [-0.4, -0.2) is 62.0 Å². The normalized spacial score (nSPS) is 13.6. The van der Waals surface area contributed by atoms with E-state index in [1.807, 2.05) is 6.92 Å². The van der Waals surface area contributed by atoms with E-state index in [2.05, 4.69) is 22.2 Å². The molecule has 1 aromatic heterocycles. The number of methoxy groups -OCH3 is 1. The van der Waals surface area contributed by atoms with E-state index in [-0.39, 0.29) is 21.7 Å². The zero-order chi connectivity index (χ0) is 35.4. The predicted molar refractivity (Wildman–Crippen MR) is 192 cm³/mol. The van der Waals surface area contributed by atoms with E-state index in [0.29, 0.717) is 53.5 Å². The quantitative estimate of drug-likeness (QED) is 0.0219. The summed E-state index contributed by atoms with van der Waals surface area (Å²) >= 11 is 6.92. The molecule has 12 heteroatoms. The van der Waals surface area contributed by atoms with Gasteiger partial charge in [-0.25, -0.2) is 14.6 Å². The first kappa shape index (κ1) is 37.5. The van der Waals surface area contributed by atoms with Crippen molar-refractivity contribution in [2.75, 3.05) is 12.4 Å². The maximum atomic E-state index is 14.7. The number of anilines is 1. The predicted octanol–water partition coefficient (Wildman–Crippen LogP) is 8.30. The summed E-state index contributed by atoms with van der Waals surface area (Å²) < 4.78 is 8.93. The number of carboxylic acids is 1. The van der Waals surface area contributed by atoms with E-state index in [0.717, 1.165) is 32.1 Å². The van der Waals surface area contributed by atoms with Crippen molar-refractivity contribution in [2.45, 2.75) is 86.6 Å². The van der Waals surface area contributed by atoms with Gasteiger partial charge in [0.05, 0.1) is 23.7 Å². The first-order valence-electron chi connectivity index (χ1n) is 16.4. The molecule has 3 atom stereocenters. The number of hydrogen-bond donors (Lipinski definition) is 3. The van der Waals surface area contributed by atoms with Crippen molar-refractivity contribution in [1.82, 2.24) is 9.97 Å². The Morgan fingerprint density at radius 1 is 0.939 bits per heavy atom. The van der Waals surface area contributed by atoms with Crippen LogP contribution in [0.15, 0.2) is 78.0 Å². The Labute approximate surface area is 295 Å². The van der Waals surface area contributed by atoms with Crippen molar-refractivity contribution >= 4 is 63.7 Å². The summed E-state index contributed by atoms with van der Waals surface area (Å²) in [4.78, 5) is 63.1. The Morgan fingerprint density at radius 2 is 1.63 bits per heavy atom. The van der Waals surface area contributed by atoms with Crippen LogP contribution >= 0.6 is 23.4 Å². The number of unbranched alkanes of at least 4 members (excludes halogenated alkanes) is 4. The molecule has 0 spiro atoms. The molecule has 4 aromatic rings. The summed E-state index contributed by atoms with van der Waals surface area (Å²) in [5.41, 5.74) is 1.20. The van der Waals surface area contributed by atoms with Gasteiger partial charge in [-0.15, -0.1) is 11.6 Å². The number of ether oxygens (including phenoxy) is 2.